The zero-order chi connectivity index (χ0) is 12.4. The molecule has 1 fully saturated rings. The molecule has 1 N–H and O–H groups in total. The fourth-order valence-corrected chi connectivity index (χ4v) is 3.35. The highest BCUT2D eigenvalue weighted by Crippen LogP contribution is 2.28. The van der Waals surface area contributed by atoms with Crippen molar-refractivity contribution in [2.75, 3.05) is 31.1 Å². The van der Waals surface area contributed by atoms with Crippen molar-refractivity contribution in [2.24, 2.45) is 11.8 Å². The summed E-state index contributed by atoms with van der Waals surface area (Å²) in [7, 11) is 0. The highest BCUT2D eigenvalue weighted by atomic mass is 15.1. The molecule has 0 bridgehead atoms. The largest absolute Gasteiger partial charge is 0.371 e. The summed E-state index contributed by atoms with van der Waals surface area (Å²) >= 11 is 0. The smallest absolute Gasteiger partial charge is 0.0398 e. The van der Waals surface area contributed by atoms with E-state index < -0.39 is 0 Å². The van der Waals surface area contributed by atoms with Crippen molar-refractivity contribution < 1.29 is 0 Å². The highest BCUT2D eigenvalue weighted by Gasteiger charge is 2.26. The number of fused-ring (bicyclic) bond motifs is 1. The van der Waals surface area contributed by atoms with Crippen molar-refractivity contribution in [3.63, 3.8) is 0 Å². The van der Waals surface area contributed by atoms with Crippen molar-refractivity contribution in [3.8, 4) is 0 Å². The Kier molecular flexibility index (Phi) is 3.55. The summed E-state index contributed by atoms with van der Waals surface area (Å²) in [5, 5.41) is 3.52. The van der Waals surface area contributed by atoms with Crippen molar-refractivity contribution in [1.82, 2.24) is 5.32 Å². The van der Waals surface area contributed by atoms with Gasteiger partial charge in [0.1, 0.15) is 0 Å². The fourth-order valence-electron chi connectivity index (χ4n) is 3.35. The van der Waals surface area contributed by atoms with Gasteiger partial charge in [0.05, 0.1) is 0 Å². The van der Waals surface area contributed by atoms with Gasteiger partial charge >= 0.3 is 0 Å². The minimum absolute atomic E-state index is 0.816. The number of rotatable bonds is 2. The second-order valence-corrected chi connectivity index (χ2v) is 5.93. The molecule has 0 saturated carbocycles. The number of anilines is 1. The van der Waals surface area contributed by atoms with E-state index in [0.717, 1.165) is 11.8 Å². The number of nitrogens with one attached hydrogen (secondary N) is 1. The third kappa shape index (κ3) is 2.39. The van der Waals surface area contributed by atoms with E-state index >= 15 is 0 Å². The van der Waals surface area contributed by atoms with Crippen LogP contribution in [0.3, 0.4) is 0 Å². The molecular formula is C16H24N2. The summed E-state index contributed by atoms with van der Waals surface area (Å²) in [6.45, 7) is 7.24. The number of para-hydroxylation sites is 1. The topological polar surface area (TPSA) is 15.3 Å². The van der Waals surface area contributed by atoms with Crippen LogP contribution in [0.15, 0.2) is 24.3 Å². The quantitative estimate of drug-likeness (QED) is 0.860. The average molecular weight is 244 g/mol. The van der Waals surface area contributed by atoms with Gasteiger partial charge in [-0.1, -0.05) is 25.1 Å². The Morgan fingerprint density at radius 1 is 1.22 bits per heavy atom. The maximum absolute atomic E-state index is 3.52. The van der Waals surface area contributed by atoms with Crippen molar-refractivity contribution in [3.05, 3.63) is 29.8 Å². The molecule has 2 nitrogen and oxygen atoms in total. The molecule has 2 aliphatic rings. The molecule has 2 heterocycles. The molecular weight excluding hydrogens is 220 g/mol. The first kappa shape index (κ1) is 12.0. The molecule has 1 aromatic carbocycles. The SMILES string of the molecule is C[C@@H]1CNC[C@H]1CN1CCCCc2ccccc21. The molecule has 0 aliphatic carbocycles. The van der Waals surface area contributed by atoms with Gasteiger partial charge in [0, 0.05) is 18.8 Å². The summed E-state index contributed by atoms with van der Waals surface area (Å²) in [4.78, 5) is 2.64. The van der Waals surface area contributed by atoms with E-state index in [1.807, 2.05) is 0 Å². The van der Waals surface area contributed by atoms with Gasteiger partial charge in [0.15, 0.2) is 0 Å². The van der Waals surface area contributed by atoms with Gasteiger partial charge < -0.3 is 10.2 Å². The lowest BCUT2D eigenvalue weighted by Crippen LogP contribution is -2.33. The molecule has 0 unspecified atom stereocenters. The summed E-state index contributed by atoms with van der Waals surface area (Å²) in [5.74, 6) is 1.64. The van der Waals surface area contributed by atoms with Crippen LogP contribution in [0.1, 0.15) is 25.3 Å². The van der Waals surface area contributed by atoms with Crippen LogP contribution in [0.5, 0.6) is 0 Å². The number of benzene rings is 1. The average Bonchev–Trinajstić information content (AvgIpc) is 2.68. The van der Waals surface area contributed by atoms with Crippen molar-refractivity contribution in [1.29, 1.82) is 0 Å². The molecule has 0 aromatic heterocycles. The van der Waals surface area contributed by atoms with Gasteiger partial charge in [0.25, 0.3) is 0 Å². The molecule has 0 radical (unpaired) electrons. The number of hydrogen-bond donors (Lipinski definition) is 1. The van der Waals surface area contributed by atoms with Crippen LogP contribution in [-0.2, 0) is 6.42 Å². The van der Waals surface area contributed by atoms with Crippen LogP contribution >= 0.6 is 0 Å². The zero-order valence-corrected chi connectivity index (χ0v) is 11.4. The molecule has 2 atom stereocenters. The van der Waals surface area contributed by atoms with Crippen molar-refractivity contribution in [2.45, 2.75) is 26.2 Å². The van der Waals surface area contributed by atoms with Gasteiger partial charge in [-0.2, -0.15) is 0 Å². The van der Waals surface area contributed by atoms with Gasteiger partial charge in [-0.3, -0.25) is 0 Å². The molecule has 1 aromatic rings. The van der Waals surface area contributed by atoms with E-state index in [1.165, 1.54) is 51.1 Å². The summed E-state index contributed by atoms with van der Waals surface area (Å²) < 4.78 is 0. The maximum atomic E-state index is 3.52. The van der Waals surface area contributed by atoms with E-state index in [2.05, 4.69) is 41.4 Å². The number of hydrogen-bond acceptors (Lipinski definition) is 2. The summed E-state index contributed by atoms with van der Waals surface area (Å²) in [5.41, 5.74) is 3.04. The third-order valence-electron chi connectivity index (χ3n) is 4.59. The molecule has 18 heavy (non-hydrogen) atoms. The molecule has 1 saturated heterocycles. The zero-order valence-electron chi connectivity index (χ0n) is 11.4. The first-order valence-electron chi connectivity index (χ1n) is 7.38. The third-order valence-corrected chi connectivity index (χ3v) is 4.59. The lowest BCUT2D eigenvalue weighted by Gasteiger charge is -2.29. The van der Waals surface area contributed by atoms with Crippen LogP contribution in [0.25, 0.3) is 0 Å². The van der Waals surface area contributed by atoms with Crippen LogP contribution in [0, 0.1) is 11.8 Å². The van der Waals surface area contributed by atoms with Gasteiger partial charge in [-0.25, -0.2) is 0 Å². The number of nitrogens with zero attached hydrogens (tertiary/aromatic N) is 1. The Labute approximate surface area is 110 Å². The standard InChI is InChI=1S/C16H24N2/c1-13-10-17-11-15(13)12-18-9-5-4-7-14-6-2-3-8-16(14)18/h2-3,6,8,13,15,17H,4-5,7,9-12H2,1H3/t13-,15+/m1/s1. The van der Waals surface area contributed by atoms with E-state index in [-0.39, 0.29) is 0 Å². The Hall–Kier alpha value is -1.02. The van der Waals surface area contributed by atoms with E-state index in [1.54, 1.807) is 5.56 Å². The minimum Gasteiger partial charge on any atom is -0.371 e. The second kappa shape index (κ2) is 5.31. The van der Waals surface area contributed by atoms with Gasteiger partial charge in [0.2, 0.25) is 0 Å². The van der Waals surface area contributed by atoms with E-state index in [9.17, 15) is 0 Å². The first-order chi connectivity index (χ1) is 8.84. The Balaban J connectivity index is 1.79. The Morgan fingerprint density at radius 3 is 2.94 bits per heavy atom. The Bertz CT molecular complexity index is 402. The minimum atomic E-state index is 0.816. The van der Waals surface area contributed by atoms with Crippen LogP contribution < -0.4 is 10.2 Å². The van der Waals surface area contributed by atoms with Gasteiger partial charge in [-0.05, 0) is 55.8 Å². The maximum Gasteiger partial charge on any atom is 0.0398 e. The number of aryl methyl sites for hydroxylation is 1. The van der Waals surface area contributed by atoms with Crippen LogP contribution in [-0.4, -0.2) is 26.2 Å². The molecule has 0 amide bonds. The first-order valence-corrected chi connectivity index (χ1v) is 7.38. The molecule has 2 heteroatoms. The predicted octanol–water partition coefficient (Wildman–Crippen LogP) is 2.68. The van der Waals surface area contributed by atoms with Crippen molar-refractivity contribution >= 4 is 5.69 Å². The molecule has 98 valence electrons. The molecule has 0 spiro atoms. The van der Waals surface area contributed by atoms with Crippen LogP contribution in [0.4, 0.5) is 5.69 Å². The van der Waals surface area contributed by atoms with E-state index in [0.29, 0.717) is 0 Å². The van der Waals surface area contributed by atoms with Gasteiger partial charge in [-0.15, -0.1) is 0 Å². The molecule has 2 aliphatic heterocycles. The summed E-state index contributed by atoms with van der Waals surface area (Å²) in [6, 6.07) is 8.99. The second-order valence-electron chi connectivity index (χ2n) is 5.93. The highest BCUT2D eigenvalue weighted by molar-refractivity contribution is 5.54. The molecule has 3 rings (SSSR count). The monoisotopic (exact) mass is 244 g/mol. The predicted molar refractivity (Wildman–Crippen MR) is 77.1 cm³/mol. The Morgan fingerprint density at radius 2 is 2.11 bits per heavy atom. The fraction of sp³-hybridized carbons (Fsp3) is 0.625. The lowest BCUT2D eigenvalue weighted by molar-refractivity contribution is 0.446. The van der Waals surface area contributed by atoms with Crippen LogP contribution in [0.2, 0.25) is 0 Å². The lowest BCUT2D eigenvalue weighted by atomic mass is 9.97. The summed E-state index contributed by atoms with van der Waals surface area (Å²) in [6.07, 6.45) is 3.93. The van der Waals surface area contributed by atoms with E-state index in [4.69, 9.17) is 0 Å². The normalized spacial score (nSPS) is 27.9.